The van der Waals surface area contributed by atoms with Gasteiger partial charge in [-0.05, 0) is 0 Å². The Labute approximate surface area is 93.4 Å². The lowest BCUT2D eigenvalue weighted by Gasteiger charge is -2.18. The van der Waals surface area contributed by atoms with Gasteiger partial charge in [0.15, 0.2) is 0 Å². The van der Waals surface area contributed by atoms with Crippen molar-refractivity contribution < 1.29 is 29.9 Å². The summed E-state index contributed by atoms with van der Waals surface area (Å²) in [6.07, 6.45) is -2.39. The molecule has 2 rings (SSSR count). The van der Waals surface area contributed by atoms with E-state index in [0.29, 0.717) is 12.8 Å². The molecule has 0 radical (unpaired) electrons. The first-order valence-corrected chi connectivity index (χ1v) is 5.54. The zero-order valence-electron chi connectivity index (χ0n) is 8.90. The van der Waals surface area contributed by atoms with Crippen LogP contribution in [0.3, 0.4) is 0 Å². The van der Waals surface area contributed by atoms with E-state index >= 15 is 0 Å². The number of hydrogen-bond acceptors (Lipinski definition) is 6. The minimum atomic E-state index is -0.691. The van der Waals surface area contributed by atoms with Crippen LogP contribution >= 0.6 is 0 Å². The molecule has 2 heterocycles. The number of rotatable bonds is 3. The third-order valence-electron chi connectivity index (χ3n) is 3.28. The summed E-state index contributed by atoms with van der Waals surface area (Å²) < 4.78 is 10.9. The summed E-state index contributed by atoms with van der Waals surface area (Å²) in [5, 5.41) is 37.0. The lowest BCUT2D eigenvalue weighted by Crippen LogP contribution is -2.28. The van der Waals surface area contributed by atoms with Crippen LogP contribution in [-0.2, 0) is 9.47 Å². The van der Waals surface area contributed by atoms with Crippen LogP contribution in [0.4, 0.5) is 0 Å². The molecule has 4 N–H and O–H groups in total. The zero-order chi connectivity index (χ0) is 11.7. The molecule has 16 heavy (non-hydrogen) atoms. The monoisotopic (exact) mass is 234 g/mol. The maximum absolute atomic E-state index is 9.56. The largest absolute Gasteiger partial charge is 0.394 e. The maximum Gasteiger partial charge on any atom is 0.107 e. The summed E-state index contributed by atoms with van der Waals surface area (Å²) >= 11 is 0. The molecule has 0 aromatic carbocycles. The Hall–Kier alpha value is -0.240. The fraction of sp³-hybridized carbons (Fsp3) is 1.00. The standard InChI is InChI=1S/C10H18O6/c11-3-9-5(13)1-7(15-9)8-2-6(14)10(4-12)16-8/h5-14H,1-4H2/t5-,6-,7+,8?,9+,10+/m0/s1. The van der Waals surface area contributed by atoms with Crippen molar-refractivity contribution in [3.05, 3.63) is 0 Å². The first-order chi connectivity index (χ1) is 7.65. The fourth-order valence-electron chi connectivity index (χ4n) is 2.33. The van der Waals surface area contributed by atoms with Crippen molar-refractivity contribution in [1.82, 2.24) is 0 Å². The summed E-state index contributed by atoms with van der Waals surface area (Å²) in [4.78, 5) is 0. The number of ether oxygens (including phenoxy) is 2. The fourth-order valence-corrected chi connectivity index (χ4v) is 2.33. The van der Waals surface area contributed by atoms with Crippen molar-refractivity contribution in [2.45, 2.75) is 49.5 Å². The highest BCUT2D eigenvalue weighted by Gasteiger charge is 2.44. The number of aliphatic hydroxyl groups is 4. The van der Waals surface area contributed by atoms with Crippen molar-refractivity contribution in [2.24, 2.45) is 0 Å². The van der Waals surface area contributed by atoms with Crippen LogP contribution < -0.4 is 0 Å². The highest BCUT2D eigenvalue weighted by Crippen LogP contribution is 2.31. The Morgan fingerprint density at radius 3 is 1.44 bits per heavy atom. The molecule has 0 amide bonds. The van der Waals surface area contributed by atoms with Crippen molar-refractivity contribution in [1.29, 1.82) is 0 Å². The predicted octanol–water partition coefficient (Wildman–Crippen LogP) is -1.99. The van der Waals surface area contributed by atoms with E-state index < -0.39 is 24.4 Å². The second-order valence-corrected chi connectivity index (χ2v) is 4.40. The normalized spacial score (nSPS) is 48.8. The average Bonchev–Trinajstić information content (AvgIpc) is 2.81. The van der Waals surface area contributed by atoms with Crippen molar-refractivity contribution >= 4 is 0 Å². The van der Waals surface area contributed by atoms with Gasteiger partial charge in [-0.15, -0.1) is 0 Å². The van der Waals surface area contributed by atoms with E-state index in [2.05, 4.69) is 0 Å². The third-order valence-corrected chi connectivity index (χ3v) is 3.28. The van der Waals surface area contributed by atoms with Gasteiger partial charge in [0.05, 0.1) is 37.6 Å². The highest BCUT2D eigenvalue weighted by atomic mass is 16.6. The molecule has 0 spiro atoms. The van der Waals surface area contributed by atoms with E-state index in [4.69, 9.17) is 19.7 Å². The van der Waals surface area contributed by atoms with Crippen molar-refractivity contribution in [3.63, 3.8) is 0 Å². The van der Waals surface area contributed by atoms with E-state index in [1.54, 1.807) is 0 Å². The molecular weight excluding hydrogens is 216 g/mol. The topological polar surface area (TPSA) is 99.4 Å². The Bertz CT molecular complexity index is 211. The van der Waals surface area contributed by atoms with Crippen LogP contribution in [0.1, 0.15) is 12.8 Å². The summed E-state index contributed by atoms with van der Waals surface area (Å²) in [6.45, 7) is -0.452. The molecule has 1 unspecified atom stereocenters. The second kappa shape index (κ2) is 4.95. The van der Waals surface area contributed by atoms with E-state index in [1.807, 2.05) is 0 Å². The van der Waals surface area contributed by atoms with E-state index in [1.165, 1.54) is 0 Å². The van der Waals surface area contributed by atoms with E-state index in [0.717, 1.165) is 0 Å². The summed E-state index contributed by atoms with van der Waals surface area (Å²) in [7, 11) is 0. The molecule has 0 aromatic heterocycles. The van der Waals surface area contributed by atoms with Crippen LogP contribution in [0.15, 0.2) is 0 Å². The highest BCUT2D eigenvalue weighted by molar-refractivity contribution is 4.92. The van der Waals surface area contributed by atoms with Crippen LogP contribution in [0, 0.1) is 0 Å². The Morgan fingerprint density at radius 1 is 0.812 bits per heavy atom. The molecule has 6 atom stereocenters. The summed E-state index contributed by atoms with van der Waals surface area (Å²) in [5.74, 6) is 0. The first-order valence-electron chi connectivity index (χ1n) is 5.54. The zero-order valence-corrected chi connectivity index (χ0v) is 8.90. The van der Waals surface area contributed by atoms with Gasteiger partial charge in [-0.25, -0.2) is 0 Å². The minimum absolute atomic E-state index is 0.226. The van der Waals surface area contributed by atoms with Gasteiger partial charge in [0.25, 0.3) is 0 Å². The van der Waals surface area contributed by atoms with Gasteiger partial charge < -0.3 is 29.9 Å². The van der Waals surface area contributed by atoms with E-state index in [-0.39, 0.29) is 25.4 Å². The summed E-state index contributed by atoms with van der Waals surface area (Å²) in [6, 6.07) is 0. The lowest BCUT2D eigenvalue weighted by atomic mass is 10.0. The van der Waals surface area contributed by atoms with Crippen molar-refractivity contribution in [3.8, 4) is 0 Å². The molecule has 94 valence electrons. The Kier molecular flexibility index (Phi) is 3.78. The van der Waals surface area contributed by atoms with Crippen molar-refractivity contribution in [2.75, 3.05) is 13.2 Å². The Balaban J connectivity index is 1.91. The quantitative estimate of drug-likeness (QED) is 0.451. The van der Waals surface area contributed by atoms with Crippen LogP contribution in [-0.4, -0.2) is 70.3 Å². The van der Waals surface area contributed by atoms with Gasteiger partial charge in [0.2, 0.25) is 0 Å². The molecule has 0 saturated carbocycles. The maximum atomic E-state index is 9.56. The molecule has 2 aliphatic heterocycles. The van der Waals surface area contributed by atoms with Gasteiger partial charge in [-0.1, -0.05) is 0 Å². The van der Waals surface area contributed by atoms with Crippen LogP contribution in [0.25, 0.3) is 0 Å². The molecule has 2 fully saturated rings. The molecule has 2 saturated heterocycles. The van der Waals surface area contributed by atoms with Gasteiger partial charge >= 0.3 is 0 Å². The SMILES string of the molecule is OC[C@H]1OC([C@H]2C[C@H](O)[C@@H](CO)O2)C[C@@H]1O. The number of hydrogen-bond donors (Lipinski definition) is 4. The van der Waals surface area contributed by atoms with Gasteiger partial charge in [-0.3, -0.25) is 0 Å². The molecule has 2 aliphatic rings. The Morgan fingerprint density at radius 2 is 1.19 bits per heavy atom. The van der Waals surface area contributed by atoms with Crippen LogP contribution in [0.5, 0.6) is 0 Å². The van der Waals surface area contributed by atoms with Gasteiger partial charge in [0, 0.05) is 12.8 Å². The smallest absolute Gasteiger partial charge is 0.107 e. The average molecular weight is 234 g/mol. The second-order valence-electron chi connectivity index (χ2n) is 4.40. The molecule has 6 heteroatoms. The van der Waals surface area contributed by atoms with Gasteiger partial charge in [-0.2, -0.15) is 0 Å². The lowest BCUT2D eigenvalue weighted by molar-refractivity contribution is -0.0918. The molecule has 0 aliphatic carbocycles. The van der Waals surface area contributed by atoms with E-state index in [9.17, 15) is 10.2 Å². The van der Waals surface area contributed by atoms with Crippen LogP contribution in [0.2, 0.25) is 0 Å². The molecule has 0 bridgehead atoms. The minimum Gasteiger partial charge on any atom is -0.394 e. The third kappa shape index (κ3) is 2.22. The number of aliphatic hydroxyl groups excluding tert-OH is 4. The molecule has 0 aromatic rings. The molecule has 6 nitrogen and oxygen atoms in total. The predicted molar refractivity (Wildman–Crippen MR) is 52.7 cm³/mol. The summed E-state index contributed by atoms with van der Waals surface area (Å²) in [5.41, 5.74) is 0. The van der Waals surface area contributed by atoms with Gasteiger partial charge in [0.1, 0.15) is 12.2 Å². The first kappa shape index (κ1) is 12.2. The molecular formula is C10H18O6.